The lowest BCUT2D eigenvalue weighted by Crippen LogP contribution is -2.12. The van der Waals surface area contributed by atoms with Crippen molar-refractivity contribution >= 4 is 23.2 Å². The molecular weight excluding hydrogens is 393 g/mol. The molecular formula is C20H14ClF3N2O2. The van der Waals surface area contributed by atoms with Crippen LogP contribution in [0.4, 0.5) is 18.9 Å². The van der Waals surface area contributed by atoms with Crippen LogP contribution in [0.2, 0.25) is 5.02 Å². The molecule has 1 aromatic heterocycles. The number of methoxy groups -OCH3 is 1. The van der Waals surface area contributed by atoms with Gasteiger partial charge in [-0.2, -0.15) is 13.2 Å². The number of carbonyl (C=O) groups excluding carboxylic acids is 1. The molecule has 0 radical (unpaired) electrons. The summed E-state index contributed by atoms with van der Waals surface area (Å²) in [7, 11) is 1.53. The lowest BCUT2D eigenvalue weighted by molar-refractivity contribution is -0.137. The normalized spacial score (nSPS) is 11.2. The summed E-state index contributed by atoms with van der Waals surface area (Å²) in [5.41, 5.74) is 0.949. The van der Waals surface area contributed by atoms with Gasteiger partial charge in [-0.3, -0.25) is 9.78 Å². The number of alkyl halides is 3. The van der Waals surface area contributed by atoms with Crippen LogP contribution in [0.25, 0.3) is 11.3 Å². The van der Waals surface area contributed by atoms with E-state index in [-0.39, 0.29) is 11.3 Å². The minimum atomic E-state index is -4.43. The van der Waals surface area contributed by atoms with E-state index in [4.69, 9.17) is 16.3 Å². The summed E-state index contributed by atoms with van der Waals surface area (Å²) in [5, 5.41) is 3.05. The Morgan fingerprint density at radius 1 is 1.07 bits per heavy atom. The number of carbonyl (C=O) groups is 1. The number of halogens is 4. The molecule has 4 nitrogen and oxygen atoms in total. The number of nitrogens with one attached hydrogen (secondary N) is 1. The molecule has 8 heteroatoms. The molecule has 0 saturated carbocycles. The number of rotatable bonds is 4. The maximum atomic E-state index is 12.6. The van der Waals surface area contributed by atoms with E-state index in [1.54, 1.807) is 30.3 Å². The maximum Gasteiger partial charge on any atom is 0.416 e. The summed E-state index contributed by atoms with van der Waals surface area (Å²) in [4.78, 5) is 16.6. The maximum absolute atomic E-state index is 12.6. The molecule has 0 aliphatic carbocycles. The van der Waals surface area contributed by atoms with E-state index in [0.717, 1.165) is 12.1 Å². The van der Waals surface area contributed by atoms with Crippen molar-refractivity contribution in [1.29, 1.82) is 0 Å². The van der Waals surface area contributed by atoms with Gasteiger partial charge >= 0.3 is 6.18 Å². The van der Waals surface area contributed by atoms with Gasteiger partial charge in [-0.05, 0) is 54.6 Å². The predicted octanol–water partition coefficient (Wildman–Crippen LogP) is 5.68. The van der Waals surface area contributed by atoms with Gasteiger partial charge in [0, 0.05) is 22.5 Å². The molecule has 0 aliphatic rings. The first-order chi connectivity index (χ1) is 13.3. The van der Waals surface area contributed by atoms with E-state index in [1.165, 1.54) is 25.4 Å². The van der Waals surface area contributed by atoms with Crippen LogP contribution in [0.5, 0.6) is 5.75 Å². The molecule has 2 aromatic carbocycles. The van der Waals surface area contributed by atoms with Crippen LogP contribution in [0.15, 0.2) is 60.8 Å². The van der Waals surface area contributed by atoms with Gasteiger partial charge in [-0.1, -0.05) is 11.6 Å². The van der Waals surface area contributed by atoms with Crippen LogP contribution >= 0.6 is 11.6 Å². The fourth-order valence-electron chi connectivity index (χ4n) is 2.51. The molecule has 1 heterocycles. The van der Waals surface area contributed by atoms with Gasteiger partial charge in [-0.15, -0.1) is 0 Å². The van der Waals surface area contributed by atoms with Crippen LogP contribution in [0.1, 0.15) is 15.9 Å². The summed E-state index contributed by atoms with van der Waals surface area (Å²) in [5.74, 6) is 0.0933. The van der Waals surface area contributed by atoms with E-state index in [0.29, 0.717) is 22.0 Å². The minimum absolute atomic E-state index is 0.249. The second-order valence-electron chi connectivity index (χ2n) is 5.81. The van der Waals surface area contributed by atoms with Gasteiger partial charge in [-0.25, -0.2) is 0 Å². The molecule has 0 bridgehead atoms. The number of ether oxygens (including phenoxy) is 1. The lowest BCUT2D eigenvalue weighted by Gasteiger charge is -2.10. The molecule has 0 saturated heterocycles. The first-order valence-corrected chi connectivity index (χ1v) is 8.44. The third kappa shape index (κ3) is 4.43. The second-order valence-corrected chi connectivity index (χ2v) is 6.24. The van der Waals surface area contributed by atoms with E-state index in [2.05, 4.69) is 10.3 Å². The van der Waals surface area contributed by atoms with E-state index >= 15 is 0 Å². The van der Waals surface area contributed by atoms with Gasteiger partial charge < -0.3 is 10.1 Å². The van der Waals surface area contributed by atoms with E-state index < -0.39 is 17.6 Å². The number of hydrogen-bond acceptors (Lipinski definition) is 3. The molecule has 0 aliphatic heterocycles. The van der Waals surface area contributed by atoms with Gasteiger partial charge in [0.15, 0.2) is 0 Å². The van der Waals surface area contributed by atoms with Crippen molar-refractivity contribution in [1.82, 2.24) is 4.98 Å². The van der Waals surface area contributed by atoms with Crippen LogP contribution < -0.4 is 10.1 Å². The first kappa shape index (κ1) is 19.7. The van der Waals surface area contributed by atoms with Crippen LogP contribution in [0.3, 0.4) is 0 Å². The average molecular weight is 407 g/mol. The van der Waals surface area contributed by atoms with E-state index in [9.17, 15) is 18.0 Å². The Bertz CT molecular complexity index is 988. The number of hydrogen-bond donors (Lipinski definition) is 1. The highest BCUT2D eigenvalue weighted by Crippen LogP contribution is 2.32. The highest BCUT2D eigenvalue weighted by Gasteiger charge is 2.30. The molecule has 0 unspecified atom stereocenters. The second kappa shape index (κ2) is 7.90. The third-order valence-corrected chi connectivity index (χ3v) is 4.17. The number of anilines is 1. The Morgan fingerprint density at radius 2 is 1.79 bits per heavy atom. The van der Waals surface area contributed by atoms with Crippen molar-refractivity contribution in [3.05, 3.63) is 76.9 Å². The Balaban J connectivity index is 1.76. The predicted molar refractivity (Wildman–Crippen MR) is 101 cm³/mol. The average Bonchev–Trinajstić information content (AvgIpc) is 2.68. The highest BCUT2D eigenvalue weighted by atomic mass is 35.5. The summed E-state index contributed by atoms with van der Waals surface area (Å²) < 4.78 is 43.1. The zero-order chi connectivity index (χ0) is 20.3. The summed E-state index contributed by atoms with van der Waals surface area (Å²) in [6.45, 7) is 0. The Kier molecular flexibility index (Phi) is 5.56. The van der Waals surface area contributed by atoms with Crippen LogP contribution in [-0.4, -0.2) is 18.0 Å². The Morgan fingerprint density at radius 3 is 2.36 bits per heavy atom. The van der Waals surface area contributed by atoms with Gasteiger partial charge in [0.25, 0.3) is 5.91 Å². The van der Waals surface area contributed by atoms with Crippen molar-refractivity contribution in [2.45, 2.75) is 6.18 Å². The molecule has 0 atom stereocenters. The fraction of sp³-hybridized carbons (Fsp3) is 0.100. The van der Waals surface area contributed by atoms with Crippen molar-refractivity contribution in [2.75, 3.05) is 12.4 Å². The molecule has 0 fully saturated rings. The fourth-order valence-corrected chi connectivity index (χ4v) is 2.69. The molecule has 3 rings (SSSR count). The summed E-state index contributed by atoms with van der Waals surface area (Å²) in [6, 6.07) is 12.5. The molecule has 0 spiro atoms. The molecule has 144 valence electrons. The summed E-state index contributed by atoms with van der Waals surface area (Å²) >= 11 is 6.02. The molecule has 28 heavy (non-hydrogen) atoms. The number of pyridine rings is 1. The van der Waals surface area contributed by atoms with Crippen LogP contribution in [-0.2, 0) is 6.18 Å². The van der Waals surface area contributed by atoms with Gasteiger partial charge in [0.1, 0.15) is 5.75 Å². The van der Waals surface area contributed by atoms with Gasteiger partial charge in [0.05, 0.1) is 23.9 Å². The molecule has 1 N–H and O–H groups in total. The minimum Gasteiger partial charge on any atom is -0.496 e. The van der Waals surface area contributed by atoms with Crippen molar-refractivity contribution in [3.63, 3.8) is 0 Å². The zero-order valence-electron chi connectivity index (χ0n) is 14.5. The molecule has 3 aromatic rings. The van der Waals surface area contributed by atoms with Crippen LogP contribution in [0, 0.1) is 0 Å². The Labute approximate surface area is 163 Å². The quantitative estimate of drug-likeness (QED) is 0.606. The lowest BCUT2D eigenvalue weighted by atomic mass is 10.1. The number of benzene rings is 2. The monoisotopic (exact) mass is 406 g/mol. The number of nitrogens with zero attached hydrogens (tertiary/aromatic N) is 1. The number of amides is 1. The zero-order valence-corrected chi connectivity index (χ0v) is 15.3. The SMILES string of the molecule is COc1ccc(Cl)cc1-c1ccc(C(=O)Nc2ccc(C(F)(F)F)cc2)cn1. The third-order valence-electron chi connectivity index (χ3n) is 3.93. The van der Waals surface area contributed by atoms with Crippen molar-refractivity contribution in [2.24, 2.45) is 0 Å². The molecule has 1 amide bonds. The topological polar surface area (TPSA) is 51.2 Å². The Hall–Kier alpha value is -3.06. The highest BCUT2D eigenvalue weighted by molar-refractivity contribution is 6.31. The van der Waals surface area contributed by atoms with E-state index in [1.807, 2.05) is 0 Å². The standard InChI is InChI=1S/C20H14ClF3N2O2/c1-28-18-9-5-14(21)10-16(18)17-8-2-12(11-25-17)19(27)26-15-6-3-13(4-7-15)20(22,23)24/h2-11H,1H3,(H,26,27). The van der Waals surface area contributed by atoms with Crippen molar-refractivity contribution in [3.8, 4) is 17.0 Å². The van der Waals surface area contributed by atoms with Crippen molar-refractivity contribution < 1.29 is 22.7 Å². The summed E-state index contributed by atoms with van der Waals surface area (Å²) in [6.07, 6.45) is -3.06. The van der Waals surface area contributed by atoms with Gasteiger partial charge in [0.2, 0.25) is 0 Å². The smallest absolute Gasteiger partial charge is 0.416 e. The first-order valence-electron chi connectivity index (χ1n) is 8.06. The number of aromatic nitrogens is 1. The largest absolute Gasteiger partial charge is 0.496 e.